The summed E-state index contributed by atoms with van der Waals surface area (Å²) in [5.74, 6) is 0.587. The highest BCUT2D eigenvalue weighted by atomic mass is 16.2. The normalized spacial score (nSPS) is 27.4. The first-order valence-corrected chi connectivity index (χ1v) is 9.62. The van der Waals surface area contributed by atoms with Gasteiger partial charge in [-0.2, -0.15) is 5.10 Å². The molecular formula is C20H28N4O. The van der Waals surface area contributed by atoms with Crippen molar-refractivity contribution in [3.63, 3.8) is 0 Å². The predicted octanol–water partition coefficient (Wildman–Crippen LogP) is 3.59. The van der Waals surface area contributed by atoms with E-state index in [1.165, 1.54) is 5.56 Å². The Kier molecular flexibility index (Phi) is 4.64. The topological polar surface area (TPSA) is 43.1 Å². The van der Waals surface area contributed by atoms with Crippen molar-refractivity contribution in [1.82, 2.24) is 19.2 Å². The van der Waals surface area contributed by atoms with Gasteiger partial charge in [0.05, 0.1) is 12.2 Å². The molecule has 2 fully saturated rings. The standard InChI is InChI=1S/C20H28N4O/c1-16-13-21-24(14-16)19-5-4-12-23(15-19)20(25)17-6-8-18(9-7-17)22-10-2-3-11-22/h2-3,10-11,13-14,17-19H,4-9,12,15H2,1H3/t17?,18?,19-/m1/s1. The number of amides is 1. The largest absolute Gasteiger partial charge is 0.351 e. The fourth-order valence-electron chi connectivity index (χ4n) is 4.47. The molecule has 1 aliphatic carbocycles. The zero-order valence-corrected chi connectivity index (χ0v) is 15.1. The molecule has 1 amide bonds. The van der Waals surface area contributed by atoms with Crippen LogP contribution in [0, 0.1) is 12.8 Å². The van der Waals surface area contributed by atoms with Crippen LogP contribution in [0.25, 0.3) is 0 Å². The van der Waals surface area contributed by atoms with Gasteiger partial charge >= 0.3 is 0 Å². The van der Waals surface area contributed by atoms with Crippen molar-refractivity contribution in [2.24, 2.45) is 5.92 Å². The molecule has 0 N–H and O–H groups in total. The van der Waals surface area contributed by atoms with Gasteiger partial charge in [-0.3, -0.25) is 9.48 Å². The molecule has 3 heterocycles. The van der Waals surface area contributed by atoms with Crippen LogP contribution in [0.1, 0.15) is 56.2 Å². The number of likely N-dealkylation sites (tertiary alicyclic amines) is 1. The molecule has 1 saturated carbocycles. The van der Waals surface area contributed by atoms with E-state index in [9.17, 15) is 4.79 Å². The second kappa shape index (κ2) is 7.06. The van der Waals surface area contributed by atoms with Crippen LogP contribution in [0.2, 0.25) is 0 Å². The number of rotatable bonds is 3. The van der Waals surface area contributed by atoms with Gasteiger partial charge in [-0.15, -0.1) is 0 Å². The maximum absolute atomic E-state index is 13.0. The first-order valence-electron chi connectivity index (χ1n) is 9.62. The van der Waals surface area contributed by atoms with E-state index in [2.05, 4.69) is 56.9 Å². The zero-order valence-electron chi connectivity index (χ0n) is 15.1. The Labute approximate surface area is 149 Å². The van der Waals surface area contributed by atoms with E-state index < -0.39 is 0 Å². The van der Waals surface area contributed by atoms with Crippen molar-refractivity contribution in [2.75, 3.05) is 13.1 Å². The number of piperidine rings is 1. The number of aryl methyl sites for hydroxylation is 1. The fourth-order valence-corrected chi connectivity index (χ4v) is 4.47. The minimum absolute atomic E-state index is 0.213. The van der Waals surface area contributed by atoms with Gasteiger partial charge < -0.3 is 9.47 Å². The van der Waals surface area contributed by atoms with Gasteiger partial charge in [-0.25, -0.2) is 0 Å². The quantitative estimate of drug-likeness (QED) is 0.857. The molecular weight excluding hydrogens is 312 g/mol. The maximum atomic E-state index is 13.0. The smallest absolute Gasteiger partial charge is 0.225 e. The third-order valence-corrected chi connectivity index (χ3v) is 5.91. The first kappa shape index (κ1) is 16.4. The fraction of sp³-hybridized carbons (Fsp3) is 0.600. The Morgan fingerprint density at radius 2 is 1.84 bits per heavy atom. The molecule has 134 valence electrons. The Morgan fingerprint density at radius 1 is 1.08 bits per heavy atom. The Bertz CT molecular complexity index is 697. The lowest BCUT2D eigenvalue weighted by Gasteiger charge is -2.37. The second-order valence-electron chi connectivity index (χ2n) is 7.71. The van der Waals surface area contributed by atoms with Crippen LogP contribution in [-0.2, 0) is 4.79 Å². The van der Waals surface area contributed by atoms with E-state index in [4.69, 9.17) is 0 Å². The molecule has 2 aliphatic rings. The molecule has 5 heteroatoms. The summed E-state index contributed by atoms with van der Waals surface area (Å²) in [5.41, 5.74) is 1.19. The lowest BCUT2D eigenvalue weighted by atomic mass is 9.84. The van der Waals surface area contributed by atoms with E-state index in [1.807, 2.05) is 6.20 Å². The first-order chi connectivity index (χ1) is 12.2. The van der Waals surface area contributed by atoms with Crippen LogP contribution in [0.3, 0.4) is 0 Å². The molecule has 4 rings (SSSR count). The van der Waals surface area contributed by atoms with Crippen LogP contribution in [0.5, 0.6) is 0 Å². The highest BCUT2D eigenvalue weighted by Crippen LogP contribution is 2.34. The van der Waals surface area contributed by atoms with Gasteiger partial charge in [0.15, 0.2) is 0 Å². The molecule has 0 aromatic carbocycles. The van der Waals surface area contributed by atoms with E-state index in [0.717, 1.165) is 51.6 Å². The monoisotopic (exact) mass is 340 g/mol. The molecule has 0 unspecified atom stereocenters. The summed E-state index contributed by atoms with van der Waals surface area (Å²) in [6.45, 7) is 3.79. The van der Waals surface area contributed by atoms with E-state index in [1.54, 1.807) is 0 Å². The van der Waals surface area contributed by atoms with Crippen molar-refractivity contribution in [2.45, 2.75) is 57.5 Å². The van der Waals surface area contributed by atoms with E-state index in [-0.39, 0.29) is 5.92 Å². The van der Waals surface area contributed by atoms with Gasteiger partial charge in [0.2, 0.25) is 5.91 Å². The van der Waals surface area contributed by atoms with Gasteiger partial charge in [-0.05, 0) is 63.1 Å². The molecule has 0 bridgehead atoms. The van der Waals surface area contributed by atoms with Crippen molar-refractivity contribution in [3.8, 4) is 0 Å². The highest BCUT2D eigenvalue weighted by molar-refractivity contribution is 5.79. The summed E-state index contributed by atoms with van der Waals surface area (Å²) in [6.07, 6.45) is 14.8. The van der Waals surface area contributed by atoms with Gasteiger partial charge in [0.25, 0.3) is 0 Å². The number of carbonyl (C=O) groups is 1. The molecule has 2 aromatic heterocycles. The summed E-state index contributed by atoms with van der Waals surface area (Å²) >= 11 is 0. The molecule has 1 saturated heterocycles. The molecule has 5 nitrogen and oxygen atoms in total. The van der Waals surface area contributed by atoms with Crippen LogP contribution >= 0.6 is 0 Å². The van der Waals surface area contributed by atoms with Crippen LogP contribution in [0.15, 0.2) is 36.9 Å². The van der Waals surface area contributed by atoms with Gasteiger partial charge in [0.1, 0.15) is 0 Å². The van der Waals surface area contributed by atoms with Crippen molar-refractivity contribution in [3.05, 3.63) is 42.5 Å². The average Bonchev–Trinajstić information content (AvgIpc) is 3.33. The Balaban J connectivity index is 1.35. The summed E-state index contributed by atoms with van der Waals surface area (Å²) in [4.78, 5) is 15.1. The zero-order chi connectivity index (χ0) is 17.2. The third kappa shape index (κ3) is 3.51. The minimum atomic E-state index is 0.213. The maximum Gasteiger partial charge on any atom is 0.225 e. The number of aromatic nitrogens is 3. The van der Waals surface area contributed by atoms with E-state index >= 15 is 0 Å². The van der Waals surface area contributed by atoms with Crippen LogP contribution in [-0.4, -0.2) is 38.2 Å². The minimum Gasteiger partial charge on any atom is -0.351 e. The number of hydrogen-bond acceptors (Lipinski definition) is 2. The number of carbonyl (C=O) groups excluding carboxylic acids is 1. The Hall–Kier alpha value is -2.04. The van der Waals surface area contributed by atoms with Crippen molar-refractivity contribution >= 4 is 5.91 Å². The number of nitrogens with zero attached hydrogens (tertiary/aromatic N) is 4. The molecule has 25 heavy (non-hydrogen) atoms. The molecule has 2 aromatic rings. The molecule has 1 atom stereocenters. The summed E-state index contributed by atoms with van der Waals surface area (Å²) in [6, 6.07) is 5.08. The summed E-state index contributed by atoms with van der Waals surface area (Å²) in [7, 11) is 0. The highest BCUT2D eigenvalue weighted by Gasteiger charge is 2.32. The molecule has 1 aliphatic heterocycles. The van der Waals surface area contributed by atoms with Gasteiger partial charge in [-0.1, -0.05) is 0 Å². The molecule has 0 spiro atoms. The van der Waals surface area contributed by atoms with Crippen LogP contribution < -0.4 is 0 Å². The lowest BCUT2D eigenvalue weighted by Crippen LogP contribution is -2.44. The molecule has 0 radical (unpaired) electrons. The van der Waals surface area contributed by atoms with Crippen molar-refractivity contribution < 1.29 is 4.79 Å². The second-order valence-corrected chi connectivity index (χ2v) is 7.71. The Morgan fingerprint density at radius 3 is 2.52 bits per heavy atom. The van der Waals surface area contributed by atoms with Crippen LogP contribution in [0.4, 0.5) is 0 Å². The van der Waals surface area contributed by atoms with Crippen molar-refractivity contribution in [1.29, 1.82) is 0 Å². The number of hydrogen-bond donors (Lipinski definition) is 0. The third-order valence-electron chi connectivity index (χ3n) is 5.91. The SMILES string of the molecule is Cc1cnn([C@@H]2CCCN(C(=O)C3CCC(n4cccc4)CC3)C2)c1. The predicted molar refractivity (Wildman–Crippen MR) is 97.2 cm³/mol. The van der Waals surface area contributed by atoms with E-state index in [0.29, 0.717) is 18.0 Å². The lowest BCUT2D eigenvalue weighted by molar-refractivity contribution is -0.138. The summed E-state index contributed by atoms with van der Waals surface area (Å²) < 4.78 is 4.36. The summed E-state index contributed by atoms with van der Waals surface area (Å²) in [5, 5.41) is 4.46. The average molecular weight is 340 g/mol. The van der Waals surface area contributed by atoms with Gasteiger partial charge in [0, 0.05) is 43.6 Å².